The molecule has 2 rings (SSSR count). The van der Waals surface area contributed by atoms with Gasteiger partial charge in [0.2, 0.25) is 0 Å². The molecule has 0 saturated carbocycles. The van der Waals surface area contributed by atoms with Crippen LogP contribution in [0.25, 0.3) is 0 Å². The van der Waals surface area contributed by atoms with E-state index >= 15 is 0 Å². The van der Waals surface area contributed by atoms with Crippen LogP contribution in [0.3, 0.4) is 0 Å². The van der Waals surface area contributed by atoms with Gasteiger partial charge in [0.15, 0.2) is 0 Å². The Morgan fingerprint density at radius 3 is 2.65 bits per heavy atom. The van der Waals surface area contributed by atoms with Gasteiger partial charge in [-0.3, -0.25) is 0 Å². The summed E-state index contributed by atoms with van der Waals surface area (Å²) < 4.78 is 5.10. The van der Waals surface area contributed by atoms with E-state index in [9.17, 15) is 4.79 Å². The summed E-state index contributed by atoms with van der Waals surface area (Å²) in [6.45, 7) is 1.85. The summed E-state index contributed by atoms with van der Waals surface area (Å²) in [5.74, 6) is 0.682. The number of nitrogens with one attached hydrogen (secondary N) is 2. The van der Waals surface area contributed by atoms with Crippen LogP contribution in [0.5, 0.6) is 5.75 Å². The summed E-state index contributed by atoms with van der Waals surface area (Å²) in [4.78, 5) is 11.9. The molecule has 0 aromatic heterocycles. The molecule has 2 aromatic carbocycles. The maximum Gasteiger partial charge on any atom is 0.323 e. The van der Waals surface area contributed by atoms with Gasteiger partial charge in [-0.05, 0) is 36.8 Å². The first kappa shape index (κ1) is 14.2. The molecule has 0 spiro atoms. The number of carbonyl (C=O) groups excluding carboxylic acids is 1. The fourth-order valence-electron chi connectivity index (χ4n) is 1.73. The molecule has 2 amide bonds. The molecule has 2 aromatic rings. The van der Waals surface area contributed by atoms with E-state index in [1.54, 1.807) is 43.5 Å². The highest BCUT2D eigenvalue weighted by Gasteiger charge is 2.07. The summed E-state index contributed by atoms with van der Waals surface area (Å²) >= 11 is 6.01. The van der Waals surface area contributed by atoms with E-state index in [-0.39, 0.29) is 6.03 Å². The number of ether oxygens (including phenoxy) is 1. The molecule has 0 aliphatic rings. The largest absolute Gasteiger partial charge is 0.497 e. The van der Waals surface area contributed by atoms with Crippen LogP contribution in [0.1, 0.15) is 5.56 Å². The van der Waals surface area contributed by atoms with E-state index in [0.717, 1.165) is 5.56 Å². The van der Waals surface area contributed by atoms with Crippen molar-refractivity contribution in [2.45, 2.75) is 6.92 Å². The molecule has 5 heteroatoms. The third-order valence-electron chi connectivity index (χ3n) is 2.84. The fraction of sp³-hybridized carbons (Fsp3) is 0.133. The quantitative estimate of drug-likeness (QED) is 0.885. The lowest BCUT2D eigenvalue weighted by Gasteiger charge is -2.11. The maximum atomic E-state index is 11.9. The number of methoxy groups -OCH3 is 1. The van der Waals surface area contributed by atoms with Crippen LogP contribution in [0.15, 0.2) is 42.5 Å². The summed E-state index contributed by atoms with van der Waals surface area (Å²) in [5.41, 5.74) is 2.16. The van der Waals surface area contributed by atoms with E-state index in [1.165, 1.54) is 0 Å². The van der Waals surface area contributed by atoms with Crippen molar-refractivity contribution >= 4 is 29.0 Å². The Morgan fingerprint density at radius 1 is 1.15 bits per heavy atom. The number of hydrogen-bond donors (Lipinski definition) is 2. The van der Waals surface area contributed by atoms with Gasteiger partial charge < -0.3 is 15.4 Å². The van der Waals surface area contributed by atoms with Crippen molar-refractivity contribution in [3.8, 4) is 5.75 Å². The Morgan fingerprint density at radius 2 is 1.90 bits per heavy atom. The van der Waals surface area contributed by atoms with Crippen molar-refractivity contribution in [1.29, 1.82) is 0 Å². The van der Waals surface area contributed by atoms with E-state index in [0.29, 0.717) is 22.1 Å². The van der Waals surface area contributed by atoms with Crippen LogP contribution in [0, 0.1) is 6.92 Å². The molecule has 0 aliphatic carbocycles. The van der Waals surface area contributed by atoms with Gasteiger partial charge >= 0.3 is 6.03 Å². The predicted octanol–water partition coefficient (Wildman–Crippen LogP) is 4.30. The van der Waals surface area contributed by atoms with Crippen LogP contribution < -0.4 is 15.4 Å². The third-order valence-corrected chi connectivity index (χ3v) is 3.25. The average Bonchev–Trinajstić information content (AvgIpc) is 2.44. The highest BCUT2D eigenvalue weighted by molar-refractivity contribution is 6.31. The topological polar surface area (TPSA) is 50.4 Å². The zero-order chi connectivity index (χ0) is 14.5. The third kappa shape index (κ3) is 3.42. The van der Waals surface area contributed by atoms with Crippen LogP contribution in [-0.2, 0) is 0 Å². The number of hydrogen-bond acceptors (Lipinski definition) is 2. The van der Waals surface area contributed by atoms with Crippen molar-refractivity contribution in [3.63, 3.8) is 0 Å². The smallest absolute Gasteiger partial charge is 0.323 e. The molecule has 0 fully saturated rings. The predicted molar refractivity (Wildman–Crippen MR) is 81.8 cm³/mol. The van der Waals surface area contributed by atoms with Gasteiger partial charge in [0, 0.05) is 22.5 Å². The normalized spacial score (nSPS) is 9.95. The van der Waals surface area contributed by atoms with Crippen molar-refractivity contribution in [3.05, 3.63) is 53.1 Å². The van der Waals surface area contributed by atoms with E-state index in [1.807, 2.05) is 13.0 Å². The lowest BCUT2D eigenvalue weighted by atomic mass is 10.2. The van der Waals surface area contributed by atoms with E-state index in [2.05, 4.69) is 10.6 Å². The van der Waals surface area contributed by atoms with Crippen molar-refractivity contribution in [2.75, 3.05) is 17.7 Å². The minimum absolute atomic E-state index is 0.330. The van der Waals surface area contributed by atoms with Gasteiger partial charge in [-0.2, -0.15) is 0 Å². The number of carbonyl (C=O) groups is 1. The SMILES string of the molecule is COc1cccc(NC(=O)Nc2cccc(Cl)c2C)c1. The molecule has 4 nitrogen and oxygen atoms in total. The molecule has 104 valence electrons. The lowest BCUT2D eigenvalue weighted by molar-refractivity contribution is 0.262. The molecule has 0 aliphatic heterocycles. The Bertz CT molecular complexity index is 629. The van der Waals surface area contributed by atoms with Crippen LogP contribution >= 0.6 is 11.6 Å². The van der Waals surface area contributed by atoms with Crippen molar-refractivity contribution in [1.82, 2.24) is 0 Å². The van der Waals surface area contributed by atoms with Crippen LogP contribution in [-0.4, -0.2) is 13.1 Å². The first-order chi connectivity index (χ1) is 9.60. The first-order valence-electron chi connectivity index (χ1n) is 6.07. The standard InChI is InChI=1S/C15H15ClN2O2/c1-10-13(16)7-4-8-14(10)18-15(19)17-11-5-3-6-12(9-11)20-2/h3-9H,1-2H3,(H2,17,18,19). The lowest BCUT2D eigenvalue weighted by Crippen LogP contribution is -2.20. The second-order valence-corrected chi connectivity index (χ2v) is 4.63. The van der Waals surface area contributed by atoms with Gasteiger partial charge in [0.05, 0.1) is 7.11 Å². The Kier molecular flexibility index (Phi) is 4.48. The molecular weight excluding hydrogens is 276 g/mol. The highest BCUT2D eigenvalue weighted by Crippen LogP contribution is 2.23. The Balaban J connectivity index is 2.07. The molecule has 0 heterocycles. The minimum atomic E-state index is -0.330. The second kappa shape index (κ2) is 6.30. The first-order valence-corrected chi connectivity index (χ1v) is 6.45. The number of halogens is 1. The molecule has 2 N–H and O–H groups in total. The maximum absolute atomic E-state index is 11.9. The van der Waals surface area contributed by atoms with Crippen molar-refractivity contribution in [2.24, 2.45) is 0 Å². The van der Waals surface area contributed by atoms with Gasteiger partial charge in [-0.15, -0.1) is 0 Å². The zero-order valence-electron chi connectivity index (χ0n) is 11.2. The molecular formula is C15H15ClN2O2. The Hall–Kier alpha value is -2.20. The molecule has 0 bridgehead atoms. The van der Waals surface area contributed by atoms with Gasteiger partial charge in [-0.25, -0.2) is 4.79 Å². The van der Waals surface area contributed by atoms with Gasteiger partial charge in [-0.1, -0.05) is 23.7 Å². The van der Waals surface area contributed by atoms with Gasteiger partial charge in [0.1, 0.15) is 5.75 Å². The van der Waals surface area contributed by atoms with Gasteiger partial charge in [0.25, 0.3) is 0 Å². The molecule has 0 unspecified atom stereocenters. The fourth-order valence-corrected chi connectivity index (χ4v) is 1.90. The number of amides is 2. The average molecular weight is 291 g/mol. The van der Waals surface area contributed by atoms with Crippen LogP contribution in [0.2, 0.25) is 5.02 Å². The van der Waals surface area contributed by atoms with E-state index in [4.69, 9.17) is 16.3 Å². The number of anilines is 2. The number of benzene rings is 2. The number of urea groups is 1. The van der Waals surface area contributed by atoms with Crippen LogP contribution in [0.4, 0.5) is 16.2 Å². The summed E-state index contributed by atoms with van der Waals surface area (Å²) in [5, 5.41) is 6.12. The monoisotopic (exact) mass is 290 g/mol. The summed E-state index contributed by atoms with van der Waals surface area (Å²) in [7, 11) is 1.58. The molecule has 0 radical (unpaired) electrons. The molecule has 0 saturated heterocycles. The Labute approximate surface area is 122 Å². The second-order valence-electron chi connectivity index (χ2n) is 4.22. The minimum Gasteiger partial charge on any atom is -0.497 e. The zero-order valence-corrected chi connectivity index (χ0v) is 12.0. The highest BCUT2D eigenvalue weighted by atomic mass is 35.5. The molecule has 0 atom stereocenters. The van der Waals surface area contributed by atoms with Crippen molar-refractivity contribution < 1.29 is 9.53 Å². The number of rotatable bonds is 3. The summed E-state index contributed by atoms with van der Waals surface area (Å²) in [6, 6.07) is 12.2. The summed E-state index contributed by atoms with van der Waals surface area (Å²) in [6.07, 6.45) is 0. The van der Waals surface area contributed by atoms with E-state index < -0.39 is 0 Å². The molecule has 20 heavy (non-hydrogen) atoms.